The molecule has 0 aliphatic carbocycles. The summed E-state index contributed by atoms with van der Waals surface area (Å²) in [4.78, 5) is 5.51. The summed E-state index contributed by atoms with van der Waals surface area (Å²) in [6, 6.07) is 62.4. The van der Waals surface area contributed by atoms with E-state index in [1.807, 2.05) is 0 Å². The van der Waals surface area contributed by atoms with Gasteiger partial charge in [0.15, 0.2) is 0 Å². The molecular weight excluding hydrogens is 695 g/mol. The van der Waals surface area contributed by atoms with Crippen LogP contribution in [0.4, 0.5) is 0 Å². The number of nitrogens with zero attached hydrogens (tertiary/aromatic N) is 1. The van der Waals surface area contributed by atoms with E-state index in [9.17, 15) is 0 Å². The van der Waals surface area contributed by atoms with Crippen molar-refractivity contribution in [3.63, 3.8) is 0 Å². The highest BCUT2D eigenvalue weighted by Gasteiger charge is 2.22. The van der Waals surface area contributed by atoms with Gasteiger partial charge in [-0.2, -0.15) is 0 Å². The van der Waals surface area contributed by atoms with Gasteiger partial charge in [-0.1, -0.05) is 158 Å². The van der Waals surface area contributed by atoms with Crippen molar-refractivity contribution in [3.8, 4) is 11.1 Å². The van der Waals surface area contributed by atoms with Crippen LogP contribution in [0.2, 0.25) is 0 Å². The Morgan fingerprint density at radius 2 is 0.947 bits per heavy atom. The summed E-state index contributed by atoms with van der Waals surface area (Å²) in [5, 5.41) is 11.6. The minimum absolute atomic E-state index is 0.747. The fraction of sp³-hybridized carbons (Fsp3) is 0.0185. The highest BCUT2D eigenvalue weighted by molar-refractivity contribution is 6.26. The summed E-state index contributed by atoms with van der Waals surface area (Å²) < 4.78 is 13.6. The molecule has 57 heavy (non-hydrogen) atoms. The van der Waals surface area contributed by atoms with Crippen LogP contribution in [0.25, 0.3) is 98.6 Å². The van der Waals surface area contributed by atoms with Gasteiger partial charge in [-0.3, -0.25) is 0 Å². The Balaban J connectivity index is 1.07. The monoisotopic (exact) mass is 727 g/mol. The fourth-order valence-electron chi connectivity index (χ4n) is 8.95. The molecule has 0 atom stereocenters. The summed E-state index contributed by atoms with van der Waals surface area (Å²) in [7, 11) is 0. The normalized spacial score (nSPS) is 13.5. The van der Waals surface area contributed by atoms with Crippen molar-refractivity contribution >= 4 is 93.2 Å². The minimum atomic E-state index is 0.747. The molecule has 0 saturated carbocycles. The molecule has 3 nitrogen and oxygen atoms in total. The van der Waals surface area contributed by atoms with E-state index in [4.69, 9.17) is 13.8 Å². The summed E-state index contributed by atoms with van der Waals surface area (Å²) in [6.07, 6.45) is 5.31. The third-order valence-corrected chi connectivity index (χ3v) is 11.7. The summed E-state index contributed by atoms with van der Waals surface area (Å²) in [6.45, 7) is 0. The third kappa shape index (κ3) is 5.10. The Morgan fingerprint density at radius 3 is 1.68 bits per heavy atom. The van der Waals surface area contributed by atoms with Gasteiger partial charge in [0.25, 0.3) is 0 Å². The molecular formula is C54H33NO2. The maximum Gasteiger partial charge on any atom is 0.143 e. The zero-order valence-electron chi connectivity index (χ0n) is 30.9. The number of fused-ring (bicyclic) bond motifs is 10. The van der Waals surface area contributed by atoms with Crippen molar-refractivity contribution in [1.29, 1.82) is 0 Å². The second kappa shape index (κ2) is 12.5. The molecule has 3 heteroatoms. The maximum absolute atomic E-state index is 6.88. The number of hydrogen-bond donors (Lipinski definition) is 0. The predicted octanol–water partition coefficient (Wildman–Crippen LogP) is 14.9. The van der Waals surface area contributed by atoms with Gasteiger partial charge in [0.05, 0.1) is 11.4 Å². The Morgan fingerprint density at radius 1 is 0.404 bits per heavy atom. The van der Waals surface area contributed by atoms with E-state index in [1.54, 1.807) is 0 Å². The first-order valence-corrected chi connectivity index (χ1v) is 19.5. The van der Waals surface area contributed by atoms with E-state index in [0.717, 1.165) is 84.0 Å². The van der Waals surface area contributed by atoms with Gasteiger partial charge in [-0.15, -0.1) is 0 Å². The summed E-state index contributed by atoms with van der Waals surface area (Å²) in [5.74, 6) is 0. The van der Waals surface area contributed by atoms with E-state index in [1.165, 1.54) is 43.5 Å². The molecule has 0 amide bonds. The van der Waals surface area contributed by atoms with Crippen LogP contribution in [0, 0.1) is 0 Å². The van der Waals surface area contributed by atoms with E-state index < -0.39 is 0 Å². The molecule has 9 aromatic carbocycles. The first-order chi connectivity index (χ1) is 28.2. The largest absolute Gasteiger partial charge is 0.455 e. The standard InChI is InChI=1S/C54H33NO2/c1-3-13-36-30-38(24-22-33(36)10-1)39-26-28-47(40-25-23-34-11-2-4-14-37(34)31-40)55-48(32-39)44-18-9-21-49-52(44)46-20-8-17-43(54(46)56-49)42-16-7-19-45-51-41-15-6-5-12-35(41)27-29-50(51)57-53(42)45/h1-25,27-32H,26H2. The lowest BCUT2D eigenvalue weighted by atomic mass is 9.94. The molecule has 0 spiro atoms. The van der Waals surface area contributed by atoms with Crippen LogP contribution in [0.5, 0.6) is 0 Å². The molecule has 0 N–H and O–H groups in total. The van der Waals surface area contributed by atoms with Gasteiger partial charge in [-0.05, 0) is 80.2 Å². The van der Waals surface area contributed by atoms with E-state index in [2.05, 4.69) is 188 Å². The van der Waals surface area contributed by atoms with Gasteiger partial charge in [-0.25, -0.2) is 4.99 Å². The van der Waals surface area contributed by atoms with Crippen LogP contribution in [0.3, 0.4) is 0 Å². The summed E-state index contributed by atoms with van der Waals surface area (Å²) >= 11 is 0. The highest BCUT2D eigenvalue weighted by Crippen LogP contribution is 2.44. The average molecular weight is 728 g/mol. The lowest BCUT2D eigenvalue weighted by molar-refractivity contribution is 0.665. The topological polar surface area (TPSA) is 38.6 Å². The SMILES string of the molecule is C1=C(c2ccc3ccccc3c2)CC=C(c2ccc3ccccc3c2)N=C1c1cccc2oc3c(-c4cccc5c4oc4ccc6ccccc6c45)cccc3c12. The van der Waals surface area contributed by atoms with Gasteiger partial charge < -0.3 is 8.83 Å². The quantitative estimate of drug-likeness (QED) is 0.181. The number of furan rings is 2. The van der Waals surface area contributed by atoms with Gasteiger partial charge in [0.2, 0.25) is 0 Å². The zero-order valence-corrected chi connectivity index (χ0v) is 30.9. The molecule has 0 radical (unpaired) electrons. The van der Waals surface area contributed by atoms with Crippen LogP contribution >= 0.6 is 0 Å². The second-order valence-electron chi connectivity index (χ2n) is 15.0. The molecule has 0 bridgehead atoms. The number of allylic oxidation sites excluding steroid dienone is 3. The van der Waals surface area contributed by atoms with E-state index >= 15 is 0 Å². The Hall–Kier alpha value is -7.49. The Kier molecular flexibility index (Phi) is 6.99. The second-order valence-corrected chi connectivity index (χ2v) is 15.0. The summed E-state index contributed by atoms with van der Waals surface area (Å²) in [5.41, 5.74) is 11.8. The lowest BCUT2D eigenvalue weighted by Gasteiger charge is -2.09. The smallest absolute Gasteiger partial charge is 0.143 e. The number of benzene rings is 9. The molecule has 0 unspecified atom stereocenters. The van der Waals surface area contributed by atoms with Crippen LogP contribution in [-0.4, -0.2) is 5.71 Å². The number of para-hydroxylation sites is 2. The number of hydrogen-bond acceptors (Lipinski definition) is 3. The van der Waals surface area contributed by atoms with Gasteiger partial charge in [0, 0.05) is 43.8 Å². The molecule has 11 aromatic rings. The van der Waals surface area contributed by atoms with Gasteiger partial charge in [0.1, 0.15) is 22.3 Å². The Labute approximate surface area is 328 Å². The van der Waals surface area contributed by atoms with Crippen molar-refractivity contribution < 1.29 is 8.83 Å². The first kappa shape index (κ1) is 31.8. The van der Waals surface area contributed by atoms with Gasteiger partial charge >= 0.3 is 0 Å². The molecule has 0 fully saturated rings. The minimum Gasteiger partial charge on any atom is -0.455 e. The molecule has 1 aliphatic rings. The fourth-order valence-corrected chi connectivity index (χ4v) is 8.95. The average Bonchev–Trinajstić information content (AvgIpc) is 3.77. The van der Waals surface area contributed by atoms with Crippen LogP contribution < -0.4 is 0 Å². The van der Waals surface area contributed by atoms with Crippen molar-refractivity contribution in [2.75, 3.05) is 0 Å². The molecule has 12 rings (SSSR count). The maximum atomic E-state index is 6.88. The number of aliphatic imine (C=N–C) groups is 1. The lowest BCUT2D eigenvalue weighted by Crippen LogP contribution is -1.99. The Bertz CT molecular complexity index is 3550. The molecule has 266 valence electrons. The molecule has 0 saturated heterocycles. The van der Waals surface area contributed by atoms with Crippen molar-refractivity contribution in [2.24, 2.45) is 4.99 Å². The molecule has 3 heterocycles. The molecule has 1 aliphatic heterocycles. The van der Waals surface area contributed by atoms with Crippen LogP contribution in [0.15, 0.2) is 202 Å². The van der Waals surface area contributed by atoms with E-state index in [0.29, 0.717) is 0 Å². The number of rotatable bonds is 4. The van der Waals surface area contributed by atoms with Crippen LogP contribution in [-0.2, 0) is 0 Å². The predicted molar refractivity (Wildman–Crippen MR) is 239 cm³/mol. The highest BCUT2D eigenvalue weighted by atomic mass is 16.3. The zero-order chi connectivity index (χ0) is 37.5. The van der Waals surface area contributed by atoms with Crippen LogP contribution in [0.1, 0.15) is 23.1 Å². The third-order valence-electron chi connectivity index (χ3n) is 11.7. The van der Waals surface area contributed by atoms with Crippen molar-refractivity contribution in [3.05, 3.63) is 205 Å². The first-order valence-electron chi connectivity index (χ1n) is 19.5. The van der Waals surface area contributed by atoms with Crippen molar-refractivity contribution in [1.82, 2.24) is 0 Å². The van der Waals surface area contributed by atoms with Crippen molar-refractivity contribution in [2.45, 2.75) is 6.42 Å². The molecule has 2 aromatic heterocycles. The van der Waals surface area contributed by atoms with E-state index in [-0.39, 0.29) is 0 Å².